The maximum Gasteiger partial charge on any atom is 0.309 e. The van der Waals surface area contributed by atoms with Crippen LogP contribution in [-0.4, -0.2) is 41.6 Å². The number of aliphatic carboxylic acids is 1. The van der Waals surface area contributed by atoms with Crippen LogP contribution >= 0.6 is 0 Å². The number of benzene rings is 1. The van der Waals surface area contributed by atoms with Crippen LogP contribution in [0, 0.1) is 11.8 Å². The standard InChI is InChI=1S/C24H32N2O5/c27-22(28)11-7-2-1-6-10-18-19(21-13-12-20(18)31-21)14-15-25-23(29)24(30)26-16-17-8-4-3-5-9-17/h1,3-6,8-9,18-21H,2,7,10-16H2,(H,25,29)(H,26,30)(H,27,28)/t18-,19+,20-,21+/m1/s1. The number of allylic oxidation sites excluding steroid dienone is 2. The molecule has 0 aliphatic carbocycles. The monoisotopic (exact) mass is 428 g/mol. The summed E-state index contributed by atoms with van der Waals surface area (Å²) in [6, 6.07) is 9.48. The van der Waals surface area contributed by atoms with Crippen molar-refractivity contribution < 1.29 is 24.2 Å². The van der Waals surface area contributed by atoms with Gasteiger partial charge >= 0.3 is 17.8 Å². The van der Waals surface area contributed by atoms with Crippen molar-refractivity contribution in [1.82, 2.24) is 10.6 Å². The van der Waals surface area contributed by atoms with Crippen LogP contribution in [0.15, 0.2) is 42.5 Å². The summed E-state index contributed by atoms with van der Waals surface area (Å²) in [6.07, 6.45) is 10.1. The van der Waals surface area contributed by atoms with Crippen molar-refractivity contribution in [3.8, 4) is 0 Å². The molecule has 2 heterocycles. The molecule has 0 unspecified atom stereocenters. The molecule has 1 aromatic rings. The number of carbonyl (C=O) groups excluding carboxylic acids is 2. The van der Waals surface area contributed by atoms with Gasteiger partial charge in [0.2, 0.25) is 0 Å². The molecule has 0 spiro atoms. The van der Waals surface area contributed by atoms with E-state index in [0.717, 1.165) is 37.7 Å². The van der Waals surface area contributed by atoms with Gasteiger partial charge in [-0.25, -0.2) is 0 Å². The summed E-state index contributed by atoms with van der Waals surface area (Å²) in [6.45, 7) is 0.780. The molecule has 1 aromatic carbocycles. The van der Waals surface area contributed by atoms with Crippen LogP contribution < -0.4 is 10.6 Å². The number of nitrogens with one attached hydrogen (secondary N) is 2. The third-order valence-electron chi connectivity index (χ3n) is 6.19. The number of ether oxygens (including phenoxy) is 1. The van der Waals surface area contributed by atoms with Gasteiger partial charge in [-0.05, 0) is 55.9 Å². The molecule has 2 amide bonds. The summed E-state index contributed by atoms with van der Waals surface area (Å²) in [4.78, 5) is 34.7. The van der Waals surface area contributed by atoms with Gasteiger partial charge in [-0.1, -0.05) is 42.5 Å². The summed E-state index contributed by atoms with van der Waals surface area (Å²) in [5.41, 5.74) is 0.946. The number of unbranched alkanes of at least 4 members (excludes halogenated alkanes) is 1. The fourth-order valence-corrected chi connectivity index (χ4v) is 4.63. The zero-order valence-corrected chi connectivity index (χ0v) is 17.8. The first-order valence-corrected chi connectivity index (χ1v) is 11.2. The minimum Gasteiger partial charge on any atom is -0.481 e. The predicted octanol–water partition coefficient (Wildman–Crippen LogP) is 2.80. The fraction of sp³-hybridized carbons (Fsp3) is 0.542. The second kappa shape index (κ2) is 11.6. The smallest absolute Gasteiger partial charge is 0.309 e. The Morgan fingerprint density at radius 1 is 1.00 bits per heavy atom. The molecule has 2 bridgehead atoms. The Morgan fingerprint density at radius 3 is 2.45 bits per heavy atom. The second-order valence-corrected chi connectivity index (χ2v) is 8.32. The van der Waals surface area contributed by atoms with Crippen molar-refractivity contribution in [3.63, 3.8) is 0 Å². The molecule has 0 aromatic heterocycles. The highest BCUT2D eigenvalue weighted by Crippen LogP contribution is 2.46. The van der Waals surface area contributed by atoms with E-state index in [4.69, 9.17) is 9.84 Å². The van der Waals surface area contributed by atoms with E-state index in [1.807, 2.05) is 30.3 Å². The summed E-state index contributed by atoms with van der Waals surface area (Å²) in [5.74, 6) is -1.19. The normalized spacial score (nSPS) is 24.4. The lowest BCUT2D eigenvalue weighted by Gasteiger charge is -2.27. The highest BCUT2D eigenvalue weighted by atomic mass is 16.5. The molecule has 3 rings (SSSR count). The molecule has 2 saturated heterocycles. The van der Waals surface area contributed by atoms with Crippen molar-refractivity contribution in [2.45, 2.75) is 63.7 Å². The van der Waals surface area contributed by atoms with Gasteiger partial charge in [0, 0.05) is 19.5 Å². The molecule has 2 aliphatic heterocycles. The van der Waals surface area contributed by atoms with Crippen LogP contribution in [0.25, 0.3) is 0 Å². The molecule has 7 heteroatoms. The molecule has 31 heavy (non-hydrogen) atoms. The van der Waals surface area contributed by atoms with Crippen LogP contribution in [0.4, 0.5) is 0 Å². The van der Waals surface area contributed by atoms with Gasteiger partial charge in [-0.15, -0.1) is 0 Å². The lowest BCUT2D eigenvalue weighted by atomic mass is 9.76. The molecule has 0 radical (unpaired) electrons. The number of carboxylic acid groups (broad SMARTS) is 1. The number of carboxylic acids is 1. The third kappa shape index (κ3) is 6.92. The van der Waals surface area contributed by atoms with Crippen molar-refractivity contribution in [1.29, 1.82) is 0 Å². The average Bonchev–Trinajstić information content (AvgIpc) is 3.37. The van der Waals surface area contributed by atoms with Gasteiger partial charge in [-0.2, -0.15) is 0 Å². The second-order valence-electron chi connectivity index (χ2n) is 8.32. The molecule has 3 N–H and O–H groups in total. The van der Waals surface area contributed by atoms with E-state index in [1.54, 1.807) is 0 Å². The van der Waals surface area contributed by atoms with E-state index in [0.29, 0.717) is 31.3 Å². The molecule has 7 nitrogen and oxygen atoms in total. The minimum absolute atomic E-state index is 0.197. The fourth-order valence-electron chi connectivity index (χ4n) is 4.63. The van der Waals surface area contributed by atoms with Gasteiger partial charge in [0.05, 0.1) is 12.2 Å². The Kier molecular flexibility index (Phi) is 8.64. The molecule has 2 fully saturated rings. The Morgan fingerprint density at radius 2 is 1.71 bits per heavy atom. The highest BCUT2D eigenvalue weighted by molar-refractivity contribution is 6.35. The van der Waals surface area contributed by atoms with Crippen LogP contribution in [0.2, 0.25) is 0 Å². The number of carbonyl (C=O) groups is 3. The largest absolute Gasteiger partial charge is 0.481 e. The van der Waals surface area contributed by atoms with Crippen molar-refractivity contribution in [3.05, 3.63) is 48.0 Å². The maximum atomic E-state index is 12.1. The summed E-state index contributed by atoms with van der Waals surface area (Å²) in [7, 11) is 0. The van der Waals surface area contributed by atoms with Gasteiger partial charge in [0.1, 0.15) is 0 Å². The number of amides is 2. The Labute approximate surface area is 183 Å². The molecular formula is C24H32N2O5. The summed E-state index contributed by atoms with van der Waals surface area (Å²) < 4.78 is 6.10. The first-order valence-electron chi connectivity index (χ1n) is 11.2. The topological polar surface area (TPSA) is 105 Å². The van der Waals surface area contributed by atoms with Crippen molar-refractivity contribution >= 4 is 17.8 Å². The van der Waals surface area contributed by atoms with E-state index < -0.39 is 17.8 Å². The Balaban J connectivity index is 1.37. The lowest BCUT2D eigenvalue weighted by molar-refractivity contribution is -0.139. The van der Waals surface area contributed by atoms with Crippen molar-refractivity contribution in [2.75, 3.05) is 6.54 Å². The van der Waals surface area contributed by atoms with Crippen molar-refractivity contribution in [2.24, 2.45) is 11.8 Å². The molecule has 168 valence electrons. The van der Waals surface area contributed by atoms with E-state index >= 15 is 0 Å². The number of hydrogen-bond acceptors (Lipinski definition) is 4. The van der Waals surface area contributed by atoms with E-state index in [1.165, 1.54) is 0 Å². The van der Waals surface area contributed by atoms with E-state index in [9.17, 15) is 14.4 Å². The summed E-state index contributed by atoms with van der Waals surface area (Å²) in [5, 5.41) is 14.1. The molecule has 0 saturated carbocycles. The SMILES string of the molecule is O=C(O)CCCC=CC[C@@H]1[C@H](CCNC(=O)C(=O)NCc2ccccc2)[C@@H]2CC[C@H]1O2. The van der Waals surface area contributed by atoms with Gasteiger partial charge in [-0.3, -0.25) is 14.4 Å². The third-order valence-corrected chi connectivity index (χ3v) is 6.19. The van der Waals surface area contributed by atoms with Crippen LogP contribution in [0.5, 0.6) is 0 Å². The Hall–Kier alpha value is -2.67. The highest BCUT2D eigenvalue weighted by Gasteiger charge is 2.47. The van der Waals surface area contributed by atoms with Crippen LogP contribution in [0.3, 0.4) is 0 Å². The Bertz CT molecular complexity index is 779. The maximum absolute atomic E-state index is 12.1. The number of rotatable bonds is 11. The van der Waals surface area contributed by atoms with Gasteiger partial charge in [0.15, 0.2) is 0 Å². The van der Waals surface area contributed by atoms with Crippen LogP contribution in [-0.2, 0) is 25.7 Å². The van der Waals surface area contributed by atoms with Gasteiger partial charge < -0.3 is 20.5 Å². The first-order chi connectivity index (χ1) is 15.0. The molecule has 2 aliphatic rings. The summed E-state index contributed by atoms with van der Waals surface area (Å²) >= 11 is 0. The van der Waals surface area contributed by atoms with Gasteiger partial charge in [0.25, 0.3) is 0 Å². The van der Waals surface area contributed by atoms with E-state index in [2.05, 4.69) is 22.8 Å². The minimum atomic E-state index is -0.759. The number of hydrogen-bond donors (Lipinski definition) is 3. The molecular weight excluding hydrogens is 396 g/mol. The zero-order valence-electron chi connectivity index (χ0n) is 17.8. The average molecular weight is 429 g/mol. The van der Waals surface area contributed by atoms with Crippen LogP contribution in [0.1, 0.15) is 50.5 Å². The number of fused-ring (bicyclic) bond motifs is 2. The molecule has 4 atom stereocenters. The quantitative estimate of drug-likeness (QED) is 0.286. The lowest BCUT2D eigenvalue weighted by Crippen LogP contribution is -2.41. The van der Waals surface area contributed by atoms with E-state index in [-0.39, 0.29) is 18.6 Å². The zero-order chi connectivity index (χ0) is 22.1. The first kappa shape index (κ1) is 23.0. The predicted molar refractivity (Wildman–Crippen MR) is 116 cm³/mol.